The molecule has 1 unspecified atom stereocenters. The molecule has 0 radical (unpaired) electrons. The van der Waals surface area contributed by atoms with E-state index in [2.05, 4.69) is 11.9 Å². The van der Waals surface area contributed by atoms with E-state index in [0.29, 0.717) is 23.8 Å². The van der Waals surface area contributed by atoms with Crippen molar-refractivity contribution in [1.82, 2.24) is 0 Å². The predicted molar refractivity (Wildman–Crippen MR) is 94.0 cm³/mol. The monoisotopic (exact) mass is 342 g/mol. The summed E-state index contributed by atoms with van der Waals surface area (Å²) >= 11 is 0. The van der Waals surface area contributed by atoms with Crippen LogP contribution in [-0.2, 0) is 4.79 Å². The summed E-state index contributed by atoms with van der Waals surface area (Å²) in [4.78, 5) is 22.3. The van der Waals surface area contributed by atoms with E-state index in [1.54, 1.807) is 37.3 Å². The van der Waals surface area contributed by atoms with Gasteiger partial charge in [0.05, 0.1) is 4.92 Å². The average molecular weight is 342 g/mol. The lowest BCUT2D eigenvalue weighted by molar-refractivity contribution is -0.384. The van der Waals surface area contributed by atoms with Gasteiger partial charge in [0.25, 0.3) is 11.6 Å². The molecule has 0 bridgehead atoms. The van der Waals surface area contributed by atoms with Gasteiger partial charge in [-0.1, -0.05) is 12.7 Å². The molecule has 0 fully saturated rings. The summed E-state index contributed by atoms with van der Waals surface area (Å²) < 4.78 is 10.9. The summed E-state index contributed by atoms with van der Waals surface area (Å²) in [6.07, 6.45) is 0.880. The number of hydrogen-bond acceptors (Lipinski definition) is 5. The fourth-order valence-electron chi connectivity index (χ4n) is 1.94. The van der Waals surface area contributed by atoms with Crippen molar-refractivity contribution in [2.45, 2.75) is 13.0 Å². The van der Waals surface area contributed by atoms with E-state index < -0.39 is 11.0 Å². The Morgan fingerprint density at radius 2 is 1.80 bits per heavy atom. The molecule has 1 N–H and O–H groups in total. The summed E-state index contributed by atoms with van der Waals surface area (Å²) in [5.41, 5.74) is 0.568. The maximum atomic E-state index is 12.2. The molecular formula is C18H18N2O5. The molecule has 2 rings (SSSR count). The molecule has 25 heavy (non-hydrogen) atoms. The normalized spacial score (nSPS) is 11.2. The van der Waals surface area contributed by atoms with Crippen LogP contribution in [0.25, 0.3) is 0 Å². The van der Waals surface area contributed by atoms with E-state index in [1.807, 2.05) is 0 Å². The Labute approximate surface area is 145 Å². The second kappa shape index (κ2) is 8.49. The third-order valence-electron chi connectivity index (χ3n) is 3.22. The van der Waals surface area contributed by atoms with Gasteiger partial charge in [-0.3, -0.25) is 14.9 Å². The van der Waals surface area contributed by atoms with Crippen LogP contribution in [0.1, 0.15) is 6.92 Å². The average Bonchev–Trinajstić information content (AvgIpc) is 2.61. The van der Waals surface area contributed by atoms with E-state index >= 15 is 0 Å². The lowest BCUT2D eigenvalue weighted by Crippen LogP contribution is -2.30. The zero-order valence-corrected chi connectivity index (χ0v) is 13.7. The first-order valence-corrected chi connectivity index (χ1v) is 7.55. The smallest absolute Gasteiger partial charge is 0.269 e. The van der Waals surface area contributed by atoms with Gasteiger partial charge in [0.2, 0.25) is 0 Å². The Bertz CT molecular complexity index is 741. The number of nitro benzene ring substituents is 1. The number of rotatable bonds is 8. The number of carbonyl (C=O) groups excluding carboxylic acids is 1. The molecule has 0 aliphatic heterocycles. The van der Waals surface area contributed by atoms with E-state index in [-0.39, 0.29) is 11.6 Å². The van der Waals surface area contributed by atoms with Crippen molar-refractivity contribution < 1.29 is 19.2 Å². The minimum atomic E-state index is -0.766. The zero-order valence-electron chi connectivity index (χ0n) is 13.7. The maximum Gasteiger partial charge on any atom is 0.269 e. The number of nitrogens with one attached hydrogen (secondary N) is 1. The molecule has 7 heteroatoms. The summed E-state index contributed by atoms with van der Waals surface area (Å²) in [6, 6.07) is 12.5. The van der Waals surface area contributed by atoms with Gasteiger partial charge in [0.1, 0.15) is 18.1 Å². The fourth-order valence-corrected chi connectivity index (χ4v) is 1.94. The van der Waals surface area contributed by atoms with E-state index in [1.165, 1.54) is 24.3 Å². The standard InChI is InChI=1S/C18H18N2O5/c1-3-12-24-16-8-4-14(5-9-16)19-18(21)13(2)25-17-10-6-15(7-11-17)20(22)23/h3-11,13H,1,12H2,2H3,(H,19,21). The van der Waals surface area contributed by atoms with Gasteiger partial charge in [-0.15, -0.1) is 0 Å². The highest BCUT2D eigenvalue weighted by Crippen LogP contribution is 2.19. The Hall–Kier alpha value is -3.35. The Morgan fingerprint density at radius 3 is 2.36 bits per heavy atom. The summed E-state index contributed by atoms with van der Waals surface area (Å²) in [7, 11) is 0. The number of nitro groups is 1. The van der Waals surface area contributed by atoms with Gasteiger partial charge >= 0.3 is 0 Å². The van der Waals surface area contributed by atoms with Crippen LogP contribution in [0.15, 0.2) is 61.2 Å². The molecule has 0 spiro atoms. The van der Waals surface area contributed by atoms with Crippen molar-refractivity contribution in [2.24, 2.45) is 0 Å². The minimum absolute atomic E-state index is 0.0387. The number of ether oxygens (including phenoxy) is 2. The number of non-ortho nitro benzene ring substituents is 1. The first-order valence-electron chi connectivity index (χ1n) is 7.55. The molecule has 2 aromatic carbocycles. The van der Waals surface area contributed by atoms with Gasteiger partial charge in [-0.25, -0.2) is 0 Å². The van der Waals surface area contributed by atoms with Crippen molar-refractivity contribution in [3.63, 3.8) is 0 Å². The zero-order chi connectivity index (χ0) is 18.2. The molecule has 0 saturated heterocycles. The van der Waals surface area contributed by atoms with Crippen molar-refractivity contribution in [2.75, 3.05) is 11.9 Å². The number of nitrogens with zero attached hydrogens (tertiary/aromatic N) is 1. The second-order valence-corrected chi connectivity index (χ2v) is 5.12. The third kappa shape index (κ3) is 5.35. The number of benzene rings is 2. The second-order valence-electron chi connectivity index (χ2n) is 5.12. The van der Waals surface area contributed by atoms with E-state index in [9.17, 15) is 14.9 Å². The van der Waals surface area contributed by atoms with Crippen LogP contribution in [0.4, 0.5) is 11.4 Å². The van der Waals surface area contributed by atoms with Gasteiger partial charge in [0.15, 0.2) is 6.10 Å². The van der Waals surface area contributed by atoms with Crippen LogP contribution in [0.2, 0.25) is 0 Å². The van der Waals surface area contributed by atoms with Crippen LogP contribution in [0, 0.1) is 10.1 Å². The Kier molecular flexibility index (Phi) is 6.11. The van der Waals surface area contributed by atoms with Gasteiger partial charge < -0.3 is 14.8 Å². The van der Waals surface area contributed by atoms with Gasteiger partial charge in [0, 0.05) is 17.8 Å². The molecule has 7 nitrogen and oxygen atoms in total. The minimum Gasteiger partial charge on any atom is -0.490 e. The van der Waals surface area contributed by atoms with Crippen LogP contribution in [0.3, 0.4) is 0 Å². The molecule has 130 valence electrons. The van der Waals surface area contributed by atoms with Crippen LogP contribution < -0.4 is 14.8 Å². The highest BCUT2D eigenvalue weighted by molar-refractivity contribution is 5.94. The van der Waals surface area contributed by atoms with Crippen molar-refractivity contribution >= 4 is 17.3 Å². The van der Waals surface area contributed by atoms with Crippen molar-refractivity contribution in [1.29, 1.82) is 0 Å². The topological polar surface area (TPSA) is 90.7 Å². The SMILES string of the molecule is C=CCOc1ccc(NC(=O)C(C)Oc2ccc([N+](=O)[O-])cc2)cc1. The summed E-state index contributed by atoms with van der Waals surface area (Å²) in [5.74, 6) is 0.715. The number of hydrogen-bond donors (Lipinski definition) is 1. The molecule has 1 amide bonds. The molecule has 0 aliphatic rings. The lowest BCUT2D eigenvalue weighted by atomic mass is 10.2. The van der Waals surface area contributed by atoms with Crippen LogP contribution in [0.5, 0.6) is 11.5 Å². The first kappa shape index (κ1) is 18.0. The highest BCUT2D eigenvalue weighted by atomic mass is 16.6. The Morgan fingerprint density at radius 1 is 1.20 bits per heavy atom. The van der Waals surface area contributed by atoms with E-state index in [4.69, 9.17) is 9.47 Å². The third-order valence-corrected chi connectivity index (χ3v) is 3.22. The predicted octanol–water partition coefficient (Wildman–Crippen LogP) is 3.57. The summed E-state index contributed by atoms with van der Waals surface area (Å²) in [5, 5.41) is 13.3. The summed E-state index contributed by atoms with van der Waals surface area (Å²) in [6.45, 7) is 5.57. The molecule has 0 heterocycles. The Balaban J connectivity index is 1.91. The van der Waals surface area contributed by atoms with Gasteiger partial charge in [-0.05, 0) is 43.3 Å². The molecule has 1 atom stereocenters. The molecule has 0 saturated carbocycles. The van der Waals surface area contributed by atoms with Gasteiger partial charge in [-0.2, -0.15) is 0 Å². The maximum absolute atomic E-state index is 12.2. The largest absolute Gasteiger partial charge is 0.490 e. The van der Waals surface area contributed by atoms with Crippen molar-refractivity contribution in [3.05, 3.63) is 71.3 Å². The van der Waals surface area contributed by atoms with E-state index in [0.717, 1.165) is 0 Å². The quantitative estimate of drug-likeness (QED) is 0.450. The molecule has 0 aromatic heterocycles. The molecular weight excluding hydrogens is 324 g/mol. The fraction of sp³-hybridized carbons (Fsp3) is 0.167. The highest BCUT2D eigenvalue weighted by Gasteiger charge is 2.15. The number of amides is 1. The number of carbonyl (C=O) groups is 1. The molecule has 0 aliphatic carbocycles. The van der Waals surface area contributed by atoms with Crippen LogP contribution >= 0.6 is 0 Å². The van der Waals surface area contributed by atoms with Crippen LogP contribution in [-0.4, -0.2) is 23.5 Å². The molecule has 2 aromatic rings. The lowest BCUT2D eigenvalue weighted by Gasteiger charge is -2.15. The van der Waals surface area contributed by atoms with Crippen molar-refractivity contribution in [3.8, 4) is 11.5 Å². The first-order chi connectivity index (χ1) is 12.0. The number of anilines is 1.